The fourth-order valence-corrected chi connectivity index (χ4v) is 3.54. The summed E-state index contributed by atoms with van der Waals surface area (Å²) in [6, 6.07) is 11.0. The number of benzene rings is 2. The molecule has 0 aliphatic heterocycles. The molecular formula is C20H25N3O2. The third-order valence-electron chi connectivity index (χ3n) is 4.33. The van der Waals surface area contributed by atoms with Gasteiger partial charge in [0.2, 0.25) is 0 Å². The SMILES string of the molecule is CC(C)(C)CC(C)(C)c1cc(O)c(O)c(-n2nc3ccccc3n2)c1. The quantitative estimate of drug-likeness (QED) is 0.687. The van der Waals surface area contributed by atoms with Crippen LogP contribution in [-0.2, 0) is 5.41 Å². The van der Waals surface area contributed by atoms with Crippen molar-refractivity contribution < 1.29 is 10.2 Å². The highest BCUT2D eigenvalue weighted by atomic mass is 16.3. The minimum Gasteiger partial charge on any atom is -0.504 e. The second-order valence-corrected chi connectivity index (χ2v) is 8.46. The van der Waals surface area contributed by atoms with Crippen molar-refractivity contribution in [1.82, 2.24) is 15.0 Å². The molecule has 0 atom stereocenters. The highest BCUT2D eigenvalue weighted by molar-refractivity contribution is 5.74. The van der Waals surface area contributed by atoms with Crippen LogP contribution in [0.25, 0.3) is 16.7 Å². The Kier molecular flexibility index (Phi) is 3.98. The predicted molar refractivity (Wildman–Crippen MR) is 99.3 cm³/mol. The van der Waals surface area contributed by atoms with Crippen molar-refractivity contribution in [1.29, 1.82) is 0 Å². The molecule has 0 unspecified atom stereocenters. The number of nitrogens with zero attached hydrogens (tertiary/aromatic N) is 3. The highest BCUT2D eigenvalue weighted by Gasteiger charge is 2.29. The van der Waals surface area contributed by atoms with Crippen molar-refractivity contribution >= 4 is 11.0 Å². The van der Waals surface area contributed by atoms with Gasteiger partial charge in [-0.25, -0.2) is 0 Å². The molecule has 0 bridgehead atoms. The number of hydrogen-bond acceptors (Lipinski definition) is 4. The first kappa shape index (κ1) is 17.3. The molecule has 3 rings (SSSR count). The Bertz CT molecular complexity index is 887. The Hall–Kier alpha value is -2.56. The summed E-state index contributed by atoms with van der Waals surface area (Å²) in [5.41, 5.74) is 2.75. The van der Waals surface area contributed by atoms with Crippen molar-refractivity contribution in [3.63, 3.8) is 0 Å². The van der Waals surface area contributed by atoms with Gasteiger partial charge in [0.05, 0.1) is 0 Å². The van der Waals surface area contributed by atoms with Gasteiger partial charge in [0.25, 0.3) is 0 Å². The maximum atomic E-state index is 10.3. The third-order valence-corrected chi connectivity index (χ3v) is 4.33. The Morgan fingerprint density at radius 2 is 1.48 bits per heavy atom. The van der Waals surface area contributed by atoms with Crippen LogP contribution in [0.4, 0.5) is 0 Å². The first-order chi connectivity index (χ1) is 11.6. The standard InChI is InChI=1S/C20H25N3O2/c1-19(2,3)12-20(4,5)13-10-16(18(25)17(24)11-13)23-21-14-8-6-7-9-15(14)22-23/h6-11,24-25H,12H2,1-5H3. The fourth-order valence-electron chi connectivity index (χ4n) is 3.54. The minimum atomic E-state index is -0.212. The van der Waals surface area contributed by atoms with E-state index in [2.05, 4.69) is 44.8 Å². The number of rotatable bonds is 3. The first-order valence-corrected chi connectivity index (χ1v) is 8.46. The van der Waals surface area contributed by atoms with Crippen LogP contribution in [0.5, 0.6) is 11.5 Å². The maximum absolute atomic E-state index is 10.3. The van der Waals surface area contributed by atoms with E-state index in [1.165, 1.54) is 4.80 Å². The van der Waals surface area contributed by atoms with Crippen molar-refractivity contribution in [2.75, 3.05) is 0 Å². The average molecular weight is 339 g/mol. The van der Waals surface area contributed by atoms with Crippen molar-refractivity contribution in [3.05, 3.63) is 42.0 Å². The van der Waals surface area contributed by atoms with Crippen molar-refractivity contribution in [3.8, 4) is 17.2 Å². The molecule has 0 saturated heterocycles. The van der Waals surface area contributed by atoms with E-state index in [0.29, 0.717) is 5.69 Å². The Morgan fingerprint density at radius 3 is 2.00 bits per heavy atom. The lowest BCUT2D eigenvalue weighted by molar-refractivity contribution is 0.283. The second kappa shape index (κ2) is 5.76. The van der Waals surface area contributed by atoms with E-state index in [0.717, 1.165) is 23.0 Å². The average Bonchev–Trinajstić information content (AvgIpc) is 2.90. The zero-order valence-corrected chi connectivity index (χ0v) is 15.4. The highest BCUT2D eigenvalue weighted by Crippen LogP contribution is 2.41. The lowest BCUT2D eigenvalue weighted by atomic mass is 9.72. The molecule has 5 nitrogen and oxygen atoms in total. The number of hydrogen-bond donors (Lipinski definition) is 2. The van der Waals surface area contributed by atoms with Gasteiger partial charge in [0.1, 0.15) is 16.7 Å². The smallest absolute Gasteiger partial charge is 0.185 e. The summed E-state index contributed by atoms with van der Waals surface area (Å²) in [6.07, 6.45) is 0.929. The van der Waals surface area contributed by atoms with Crippen LogP contribution in [0, 0.1) is 5.41 Å². The number of aromatic hydroxyl groups is 2. The van der Waals surface area contributed by atoms with E-state index in [-0.39, 0.29) is 22.3 Å². The van der Waals surface area contributed by atoms with Crippen LogP contribution in [0.2, 0.25) is 0 Å². The van der Waals surface area contributed by atoms with Gasteiger partial charge >= 0.3 is 0 Å². The lowest BCUT2D eigenvalue weighted by Crippen LogP contribution is -2.25. The van der Waals surface area contributed by atoms with E-state index in [4.69, 9.17) is 0 Å². The van der Waals surface area contributed by atoms with E-state index >= 15 is 0 Å². The topological polar surface area (TPSA) is 71.2 Å². The Morgan fingerprint density at radius 1 is 0.920 bits per heavy atom. The molecule has 0 aliphatic rings. The lowest BCUT2D eigenvalue weighted by Gasteiger charge is -2.33. The van der Waals surface area contributed by atoms with Gasteiger partial charge in [-0.3, -0.25) is 0 Å². The summed E-state index contributed by atoms with van der Waals surface area (Å²) < 4.78 is 0. The molecule has 1 heterocycles. The van der Waals surface area contributed by atoms with Crippen LogP contribution in [0.3, 0.4) is 0 Å². The van der Waals surface area contributed by atoms with Crippen LogP contribution in [0.15, 0.2) is 36.4 Å². The molecule has 0 radical (unpaired) electrons. The fraction of sp³-hybridized carbons (Fsp3) is 0.400. The normalized spacial score (nSPS) is 12.7. The summed E-state index contributed by atoms with van der Waals surface area (Å²) in [7, 11) is 0. The van der Waals surface area contributed by atoms with E-state index in [1.807, 2.05) is 30.3 Å². The molecule has 0 saturated carbocycles. The van der Waals surface area contributed by atoms with Crippen LogP contribution in [-0.4, -0.2) is 25.2 Å². The largest absolute Gasteiger partial charge is 0.504 e. The zero-order valence-electron chi connectivity index (χ0n) is 15.4. The van der Waals surface area contributed by atoms with Crippen LogP contribution in [0.1, 0.15) is 46.6 Å². The number of phenolic OH excluding ortho intramolecular Hbond substituents is 2. The van der Waals surface area contributed by atoms with Crippen molar-refractivity contribution in [2.24, 2.45) is 5.41 Å². The van der Waals surface area contributed by atoms with Crippen LogP contribution < -0.4 is 0 Å². The molecule has 25 heavy (non-hydrogen) atoms. The Labute approximate surface area is 147 Å². The Balaban J connectivity index is 2.13. The number of phenols is 2. The van der Waals surface area contributed by atoms with Gasteiger partial charge in [0, 0.05) is 0 Å². The van der Waals surface area contributed by atoms with Gasteiger partial charge in [-0.05, 0) is 47.1 Å². The maximum Gasteiger partial charge on any atom is 0.185 e. The molecule has 2 N–H and O–H groups in total. The van der Waals surface area contributed by atoms with Gasteiger partial charge < -0.3 is 10.2 Å². The summed E-state index contributed by atoms with van der Waals surface area (Å²) in [5.74, 6) is -0.369. The summed E-state index contributed by atoms with van der Waals surface area (Å²) in [4.78, 5) is 1.39. The second-order valence-electron chi connectivity index (χ2n) is 8.46. The third kappa shape index (κ3) is 3.45. The predicted octanol–water partition coefficient (Wildman–Crippen LogP) is 4.55. The van der Waals surface area contributed by atoms with Crippen LogP contribution >= 0.6 is 0 Å². The van der Waals surface area contributed by atoms with Gasteiger partial charge in [-0.2, -0.15) is 0 Å². The summed E-state index contributed by atoms with van der Waals surface area (Å²) in [5, 5.41) is 29.4. The van der Waals surface area contributed by atoms with Crippen molar-refractivity contribution in [2.45, 2.75) is 46.5 Å². The molecule has 1 aromatic heterocycles. The summed E-state index contributed by atoms with van der Waals surface area (Å²) in [6.45, 7) is 10.9. The van der Waals surface area contributed by atoms with E-state index < -0.39 is 0 Å². The molecule has 3 aromatic rings. The molecule has 132 valence electrons. The van der Waals surface area contributed by atoms with Gasteiger partial charge in [-0.15, -0.1) is 15.0 Å². The molecule has 0 aliphatic carbocycles. The molecule has 0 fully saturated rings. The van der Waals surface area contributed by atoms with E-state index in [1.54, 1.807) is 6.07 Å². The zero-order chi connectivity index (χ0) is 18.4. The van der Waals surface area contributed by atoms with Gasteiger partial charge in [0.15, 0.2) is 11.5 Å². The molecule has 0 amide bonds. The number of fused-ring (bicyclic) bond motifs is 1. The molecular weight excluding hydrogens is 314 g/mol. The first-order valence-electron chi connectivity index (χ1n) is 8.46. The minimum absolute atomic E-state index is 0.135. The van der Waals surface area contributed by atoms with E-state index in [9.17, 15) is 10.2 Å². The molecule has 0 spiro atoms. The number of aromatic nitrogens is 3. The molecule has 5 heteroatoms. The summed E-state index contributed by atoms with van der Waals surface area (Å²) >= 11 is 0. The monoisotopic (exact) mass is 339 g/mol. The molecule has 2 aromatic carbocycles. The van der Waals surface area contributed by atoms with Gasteiger partial charge in [-0.1, -0.05) is 46.8 Å².